The number of carbonyl (C=O) groups excluding carboxylic acids is 1. The van der Waals surface area contributed by atoms with E-state index < -0.39 is 0 Å². The van der Waals surface area contributed by atoms with Crippen LogP contribution in [-0.2, 0) is 10.5 Å². The summed E-state index contributed by atoms with van der Waals surface area (Å²) in [6.07, 6.45) is 1.64. The fraction of sp³-hybridized carbons (Fsp3) is 0.375. The average molecular weight is 319 g/mol. The second kappa shape index (κ2) is 7.47. The van der Waals surface area contributed by atoms with Crippen molar-refractivity contribution in [1.29, 1.82) is 0 Å². The standard InChI is InChI=1S/C16H21N3O2S/c1-16(2,11-17)19-14(20)10-22-9-13-8-21-15(18-13)12-6-4-3-5-7-12/h3-8H,9-11,17H2,1-2H3,(H,19,20). The Morgan fingerprint density at radius 2 is 2.09 bits per heavy atom. The van der Waals surface area contributed by atoms with Gasteiger partial charge in [-0.1, -0.05) is 18.2 Å². The van der Waals surface area contributed by atoms with Gasteiger partial charge in [0.1, 0.15) is 6.26 Å². The number of nitrogens with one attached hydrogen (secondary N) is 1. The van der Waals surface area contributed by atoms with E-state index in [9.17, 15) is 4.79 Å². The van der Waals surface area contributed by atoms with Crippen molar-refractivity contribution in [2.24, 2.45) is 5.73 Å². The lowest BCUT2D eigenvalue weighted by molar-refractivity contribution is -0.120. The summed E-state index contributed by atoms with van der Waals surface area (Å²) >= 11 is 1.50. The summed E-state index contributed by atoms with van der Waals surface area (Å²) in [5.74, 6) is 1.58. The van der Waals surface area contributed by atoms with E-state index in [4.69, 9.17) is 10.2 Å². The molecule has 2 aromatic rings. The van der Waals surface area contributed by atoms with Crippen LogP contribution in [0.2, 0.25) is 0 Å². The normalized spacial score (nSPS) is 11.4. The number of benzene rings is 1. The molecule has 0 bridgehead atoms. The van der Waals surface area contributed by atoms with E-state index in [0.717, 1.165) is 11.3 Å². The first kappa shape index (κ1) is 16.6. The van der Waals surface area contributed by atoms with Crippen LogP contribution >= 0.6 is 11.8 Å². The Morgan fingerprint density at radius 3 is 2.77 bits per heavy atom. The minimum atomic E-state index is -0.369. The summed E-state index contributed by atoms with van der Waals surface area (Å²) in [4.78, 5) is 16.2. The fourth-order valence-corrected chi connectivity index (χ4v) is 2.50. The van der Waals surface area contributed by atoms with Crippen molar-refractivity contribution < 1.29 is 9.21 Å². The zero-order chi connectivity index (χ0) is 16.0. The van der Waals surface area contributed by atoms with Crippen molar-refractivity contribution in [3.05, 3.63) is 42.3 Å². The first-order valence-corrected chi connectivity index (χ1v) is 8.24. The lowest BCUT2D eigenvalue weighted by Crippen LogP contribution is -2.49. The van der Waals surface area contributed by atoms with Crippen molar-refractivity contribution in [1.82, 2.24) is 10.3 Å². The van der Waals surface area contributed by atoms with E-state index in [2.05, 4.69) is 10.3 Å². The Morgan fingerprint density at radius 1 is 1.36 bits per heavy atom. The summed E-state index contributed by atoms with van der Waals surface area (Å²) in [6.45, 7) is 4.21. The largest absolute Gasteiger partial charge is 0.444 e. The molecular weight excluding hydrogens is 298 g/mol. The van der Waals surface area contributed by atoms with Crippen LogP contribution in [0.5, 0.6) is 0 Å². The van der Waals surface area contributed by atoms with Crippen molar-refractivity contribution in [3.8, 4) is 11.5 Å². The molecule has 1 amide bonds. The fourth-order valence-electron chi connectivity index (χ4n) is 1.80. The van der Waals surface area contributed by atoms with Gasteiger partial charge < -0.3 is 15.5 Å². The molecule has 3 N–H and O–H groups in total. The molecule has 0 fully saturated rings. The van der Waals surface area contributed by atoms with Gasteiger partial charge in [-0.15, -0.1) is 11.8 Å². The van der Waals surface area contributed by atoms with Gasteiger partial charge in [0, 0.05) is 23.4 Å². The van der Waals surface area contributed by atoms with Gasteiger partial charge in [0.05, 0.1) is 11.4 Å². The average Bonchev–Trinajstić information content (AvgIpc) is 2.96. The van der Waals surface area contributed by atoms with Crippen LogP contribution in [0.3, 0.4) is 0 Å². The lowest BCUT2D eigenvalue weighted by atomic mass is 10.1. The van der Waals surface area contributed by atoms with Gasteiger partial charge in [-0.25, -0.2) is 4.98 Å². The van der Waals surface area contributed by atoms with Crippen molar-refractivity contribution in [2.75, 3.05) is 12.3 Å². The Kier molecular flexibility index (Phi) is 5.63. The van der Waals surface area contributed by atoms with Crippen LogP contribution in [0.15, 0.2) is 41.0 Å². The van der Waals surface area contributed by atoms with Gasteiger partial charge in [0.15, 0.2) is 0 Å². The highest BCUT2D eigenvalue weighted by Crippen LogP contribution is 2.20. The predicted molar refractivity (Wildman–Crippen MR) is 89.4 cm³/mol. The maximum absolute atomic E-state index is 11.8. The van der Waals surface area contributed by atoms with Gasteiger partial charge in [0.2, 0.25) is 11.8 Å². The number of hydrogen-bond acceptors (Lipinski definition) is 5. The molecule has 1 heterocycles. The zero-order valence-corrected chi connectivity index (χ0v) is 13.7. The number of aromatic nitrogens is 1. The highest BCUT2D eigenvalue weighted by Gasteiger charge is 2.18. The predicted octanol–water partition coefficient (Wildman–Crippen LogP) is 2.43. The monoisotopic (exact) mass is 319 g/mol. The number of hydrogen-bond donors (Lipinski definition) is 2. The summed E-state index contributed by atoms with van der Waals surface area (Å²) in [7, 11) is 0. The molecule has 0 aliphatic rings. The molecule has 0 radical (unpaired) electrons. The molecule has 6 heteroatoms. The molecule has 118 valence electrons. The van der Waals surface area contributed by atoms with Gasteiger partial charge in [-0.2, -0.15) is 0 Å². The number of thioether (sulfide) groups is 1. The van der Waals surface area contributed by atoms with Crippen LogP contribution in [-0.4, -0.2) is 28.7 Å². The number of nitrogens with zero attached hydrogens (tertiary/aromatic N) is 1. The van der Waals surface area contributed by atoms with Crippen LogP contribution in [0.4, 0.5) is 0 Å². The third kappa shape index (κ3) is 4.89. The third-order valence-corrected chi connectivity index (χ3v) is 4.01. The first-order valence-electron chi connectivity index (χ1n) is 7.09. The van der Waals surface area contributed by atoms with Crippen LogP contribution in [0.1, 0.15) is 19.5 Å². The van der Waals surface area contributed by atoms with Gasteiger partial charge in [0.25, 0.3) is 0 Å². The molecule has 22 heavy (non-hydrogen) atoms. The van der Waals surface area contributed by atoms with Crippen molar-refractivity contribution >= 4 is 17.7 Å². The molecule has 0 aliphatic carbocycles. The molecule has 0 unspecified atom stereocenters. The molecule has 0 saturated carbocycles. The first-order chi connectivity index (χ1) is 10.5. The molecular formula is C16H21N3O2S. The maximum Gasteiger partial charge on any atom is 0.230 e. The number of amides is 1. The van der Waals surface area contributed by atoms with E-state index in [1.165, 1.54) is 11.8 Å². The van der Waals surface area contributed by atoms with Crippen LogP contribution < -0.4 is 11.1 Å². The topological polar surface area (TPSA) is 81.1 Å². The number of nitrogens with two attached hydrogens (primary N) is 1. The minimum Gasteiger partial charge on any atom is -0.444 e. The zero-order valence-electron chi connectivity index (χ0n) is 12.8. The van der Waals surface area contributed by atoms with E-state index in [-0.39, 0.29) is 11.4 Å². The SMILES string of the molecule is CC(C)(CN)NC(=O)CSCc1coc(-c2ccccc2)n1. The third-order valence-electron chi connectivity index (χ3n) is 3.04. The van der Waals surface area contributed by atoms with Gasteiger partial charge in [-0.05, 0) is 26.0 Å². The highest BCUT2D eigenvalue weighted by atomic mass is 32.2. The van der Waals surface area contributed by atoms with Crippen molar-refractivity contribution in [3.63, 3.8) is 0 Å². The number of rotatable bonds is 7. The number of oxazole rings is 1. The molecule has 0 atom stereocenters. The Hall–Kier alpha value is -1.79. The molecule has 0 saturated heterocycles. The van der Waals surface area contributed by atoms with E-state index >= 15 is 0 Å². The molecule has 5 nitrogen and oxygen atoms in total. The second-order valence-corrected chi connectivity index (χ2v) is 6.62. The summed E-state index contributed by atoms with van der Waals surface area (Å²) in [5, 5.41) is 2.89. The quantitative estimate of drug-likeness (QED) is 0.819. The summed E-state index contributed by atoms with van der Waals surface area (Å²) < 4.78 is 5.46. The smallest absolute Gasteiger partial charge is 0.230 e. The Balaban J connectivity index is 1.81. The number of carbonyl (C=O) groups is 1. The van der Waals surface area contributed by atoms with E-state index in [1.807, 2.05) is 44.2 Å². The highest BCUT2D eigenvalue weighted by molar-refractivity contribution is 7.99. The lowest BCUT2D eigenvalue weighted by Gasteiger charge is -2.23. The molecule has 0 spiro atoms. The minimum absolute atomic E-state index is 0.0211. The maximum atomic E-state index is 11.8. The second-order valence-electron chi connectivity index (χ2n) is 5.64. The summed E-state index contributed by atoms with van der Waals surface area (Å²) in [5.41, 5.74) is 6.99. The molecule has 1 aromatic carbocycles. The van der Waals surface area contributed by atoms with Gasteiger partial charge >= 0.3 is 0 Å². The van der Waals surface area contributed by atoms with E-state index in [0.29, 0.717) is 23.9 Å². The van der Waals surface area contributed by atoms with E-state index in [1.54, 1.807) is 6.26 Å². The molecule has 0 aliphatic heterocycles. The molecule has 2 rings (SSSR count). The summed E-state index contributed by atoms with van der Waals surface area (Å²) in [6, 6.07) is 9.73. The van der Waals surface area contributed by atoms with Crippen LogP contribution in [0, 0.1) is 0 Å². The molecule has 1 aromatic heterocycles. The van der Waals surface area contributed by atoms with Gasteiger partial charge in [-0.3, -0.25) is 4.79 Å². The Bertz CT molecular complexity index is 611. The van der Waals surface area contributed by atoms with Crippen molar-refractivity contribution in [2.45, 2.75) is 25.1 Å². The Labute approximate surface area is 134 Å². The van der Waals surface area contributed by atoms with Crippen LogP contribution in [0.25, 0.3) is 11.5 Å².